The fourth-order valence-electron chi connectivity index (χ4n) is 0.979. The van der Waals surface area contributed by atoms with Gasteiger partial charge in [-0.25, -0.2) is 4.68 Å². The quantitative estimate of drug-likeness (QED) is 0.667. The van der Waals surface area contributed by atoms with Crippen LogP contribution in [0.15, 0.2) is 36.8 Å². The third kappa shape index (κ3) is 1.83. The molecule has 0 bridgehead atoms. The largest absolute Gasteiger partial charge is 0.412 e. The summed E-state index contributed by atoms with van der Waals surface area (Å²) < 4.78 is 1.71. The van der Waals surface area contributed by atoms with Gasteiger partial charge in [0.1, 0.15) is 5.82 Å². The fourth-order valence-corrected chi connectivity index (χ4v) is 0.979. The van der Waals surface area contributed by atoms with E-state index in [0.717, 1.165) is 5.69 Å². The molecule has 68 valence electrons. The van der Waals surface area contributed by atoms with Crippen molar-refractivity contribution in [2.45, 2.75) is 0 Å². The normalized spacial score (nSPS) is 9.23. The van der Waals surface area contributed by atoms with Gasteiger partial charge in [-0.15, -0.1) is 0 Å². The number of rotatable bonds is 1. The van der Waals surface area contributed by atoms with Crippen molar-refractivity contribution in [1.82, 2.24) is 14.8 Å². The molecule has 0 aliphatic heterocycles. The van der Waals surface area contributed by atoms with E-state index in [2.05, 4.69) is 10.1 Å². The van der Waals surface area contributed by atoms with Crippen LogP contribution in [0.4, 0.5) is 5.82 Å². The molecule has 5 heteroatoms. The number of nitrogens with zero attached hydrogens (tertiary/aromatic N) is 3. The second-order valence-corrected chi connectivity index (χ2v) is 2.39. The molecule has 0 aliphatic rings. The highest BCUT2D eigenvalue weighted by molar-refractivity contribution is 5.32. The van der Waals surface area contributed by atoms with Crippen molar-refractivity contribution in [1.29, 1.82) is 0 Å². The summed E-state index contributed by atoms with van der Waals surface area (Å²) in [5.74, 6) is 0.520. The Bertz CT molecular complexity index is 371. The van der Waals surface area contributed by atoms with Crippen molar-refractivity contribution >= 4 is 5.82 Å². The van der Waals surface area contributed by atoms with E-state index < -0.39 is 0 Å². The van der Waals surface area contributed by atoms with Gasteiger partial charge >= 0.3 is 0 Å². The van der Waals surface area contributed by atoms with E-state index in [1.54, 1.807) is 23.1 Å². The monoisotopic (exact) mass is 178 g/mol. The average Bonchev–Trinajstić information content (AvgIpc) is 2.54. The summed E-state index contributed by atoms with van der Waals surface area (Å²) in [6.07, 6.45) is 5.24. The minimum Gasteiger partial charge on any atom is -0.412 e. The standard InChI is InChI=1S/C8H8N4.H2O/c9-8-3-6-12(11-8)7-1-4-10-5-2-7;/h1-6H,(H2,9,11);1H2. The van der Waals surface area contributed by atoms with Crippen molar-refractivity contribution in [2.75, 3.05) is 5.73 Å². The first-order chi connectivity index (χ1) is 5.86. The number of nitrogen functional groups attached to an aromatic ring is 1. The van der Waals surface area contributed by atoms with E-state index in [9.17, 15) is 0 Å². The molecule has 4 N–H and O–H groups in total. The smallest absolute Gasteiger partial charge is 0.145 e. The summed E-state index contributed by atoms with van der Waals surface area (Å²) in [7, 11) is 0. The highest BCUT2D eigenvalue weighted by atomic mass is 16.0. The third-order valence-electron chi connectivity index (χ3n) is 1.54. The minimum atomic E-state index is 0. The first kappa shape index (κ1) is 9.21. The second kappa shape index (κ2) is 3.68. The topological polar surface area (TPSA) is 88.2 Å². The van der Waals surface area contributed by atoms with Crippen LogP contribution in [0.5, 0.6) is 0 Å². The van der Waals surface area contributed by atoms with Gasteiger partial charge in [0.2, 0.25) is 0 Å². The molecule has 2 rings (SSSR count). The molecule has 0 saturated carbocycles. The van der Waals surface area contributed by atoms with Gasteiger partial charge in [0.15, 0.2) is 0 Å². The maximum Gasteiger partial charge on any atom is 0.145 e. The van der Waals surface area contributed by atoms with E-state index in [-0.39, 0.29) is 5.48 Å². The summed E-state index contributed by atoms with van der Waals surface area (Å²) >= 11 is 0. The second-order valence-electron chi connectivity index (χ2n) is 2.39. The summed E-state index contributed by atoms with van der Waals surface area (Å²) in [6, 6.07) is 5.49. The number of hydrogen-bond acceptors (Lipinski definition) is 3. The van der Waals surface area contributed by atoms with Crippen molar-refractivity contribution in [3.8, 4) is 5.69 Å². The number of nitrogens with two attached hydrogens (primary N) is 1. The Balaban J connectivity index is 0.000000845. The molecule has 0 atom stereocenters. The van der Waals surface area contributed by atoms with Crippen LogP contribution in [-0.4, -0.2) is 20.2 Å². The van der Waals surface area contributed by atoms with Crippen molar-refractivity contribution in [3.05, 3.63) is 36.8 Å². The Kier molecular flexibility index (Phi) is 2.61. The molecule has 0 aliphatic carbocycles. The molecule has 2 aromatic rings. The first-order valence-corrected chi connectivity index (χ1v) is 3.58. The summed E-state index contributed by atoms with van der Waals surface area (Å²) in [5, 5.41) is 4.05. The maximum absolute atomic E-state index is 5.47. The molecule has 0 radical (unpaired) electrons. The van der Waals surface area contributed by atoms with Gasteiger partial charge in [-0.2, -0.15) is 5.10 Å². The van der Waals surface area contributed by atoms with Crippen LogP contribution in [0.2, 0.25) is 0 Å². The molecule has 0 spiro atoms. The van der Waals surface area contributed by atoms with Crippen LogP contribution in [0.3, 0.4) is 0 Å². The fraction of sp³-hybridized carbons (Fsp3) is 0. The van der Waals surface area contributed by atoms with Gasteiger partial charge in [0, 0.05) is 24.7 Å². The number of hydrogen-bond donors (Lipinski definition) is 1. The van der Waals surface area contributed by atoms with Crippen LogP contribution in [0, 0.1) is 0 Å². The number of anilines is 1. The number of pyridine rings is 1. The van der Waals surface area contributed by atoms with Crippen molar-refractivity contribution in [3.63, 3.8) is 0 Å². The van der Waals surface area contributed by atoms with Crippen LogP contribution in [-0.2, 0) is 0 Å². The van der Waals surface area contributed by atoms with Crippen LogP contribution >= 0.6 is 0 Å². The SMILES string of the molecule is Nc1ccn(-c2ccncc2)n1.O. The zero-order valence-electron chi connectivity index (χ0n) is 6.88. The maximum atomic E-state index is 5.47. The highest BCUT2D eigenvalue weighted by Crippen LogP contribution is 2.05. The Labute approximate surface area is 75.1 Å². The summed E-state index contributed by atoms with van der Waals surface area (Å²) in [4.78, 5) is 3.91. The van der Waals surface area contributed by atoms with Gasteiger partial charge in [0.05, 0.1) is 5.69 Å². The Morgan fingerprint density at radius 1 is 1.15 bits per heavy atom. The molecule has 2 aromatic heterocycles. The third-order valence-corrected chi connectivity index (χ3v) is 1.54. The Morgan fingerprint density at radius 3 is 2.38 bits per heavy atom. The lowest BCUT2D eigenvalue weighted by Gasteiger charge is -1.97. The van der Waals surface area contributed by atoms with Crippen molar-refractivity contribution in [2.24, 2.45) is 0 Å². The van der Waals surface area contributed by atoms with Crippen LogP contribution in [0.1, 0.15) is 0 Å². The van der Waals surface area contributed by atoms with Gasteiger partial charge in [-0.3, -0.25) is 4.98 Å². The Hall–Kier alpha value is -1.88. The van der Waals surface area contributed by atoms with E-state index in [1.807, 2.05) is 18.3 Å². The van der Waals surface area contributed by atoms with Crippen LogP contribution in [0.25, 0.3) is 5.69 Å². The molecule has 5 nitrogen and oxygen atoms in total. The van der Waals surface area contributed by atoms with E-state index in [4.69, 9.17) is 5.73 Å². The lowest BCUT2D eigenvalue weighted by atomic mass is 10.4. The molecule has 0 fully saturated rings. The predicted octanol–water partition coefficient (Wildman–Crippen LogP) is 0.0248. The summed E-state index contributed by atoms with van der Waals surface area (Å²) in [6.45, 7) is 0. The summed E-state index contributed by atoms with van der Waals surface area (Å²) in [5.41, 5.74) is 6.43. The molecule has 0 unspecified atom stereocenters. The highest BCUT2D eigenvalue weighted by Gasteiger charge is 1.95. The van der Waals surface area contributed by atoms with E-state index in [0.29, 0.717) is 5.82 Å². The van der Waals surface area contributed by atoms with Gasteiger partial charge < -0.3 is 11.2 Å². The molecular formula is C8H10N4O. The van der Waals surface area contributed by atoms with E-state index >= 15 is 0 Å². The first-order valence-electron chi connectivity index (χ1n) is 3.58. The molecule has 13 heavy (non-hydrogen) atoms. The molecule has 0 amide bonds. The number of aromatic nitrogens is 3. The van der Waals surface area contributed by atoms with Crippen molar-refractivity contribution < 1.29 is 5.48 Å². The van der Waals surface area contributed by atoms with E-state index in [1.165, 1.54) is 0 Å². The Morgan fingerprint density at radius 2 is 1.85 bits per heavy atom. The lowest BCUT2D eigenvalue weighted by molar-refractivity contribution is 0.824. The van der Waals surface area contributed by atoms with Gasteiger partial charge in [-0.05, 0) is 12.1 Å². The molecule has 0 aromatic carbocycles. The zero-order valence-corrected chi connectivity index (χ0v) is 6.88. The van der Waals surface area contributed by atoms with Crippen LogP contribution < -0.4 is 5.73 Å². The van der Waals surface area contributed by atoms with Gasteiger partial charge in [-0.1, -0.05) is 0 Å². The van der Waals surface area contributed by atoms with Gasteiger partial charge in [0.25, 0.3) is 0 Å². The molecule has 2 heterocycles. The molecule has 0 saturated heterocycles. The lowest BCUT2D eigenvalue weighted by Crippen LogP contribution is -1.95. The average molecular weight is 178 g/mol. The molecular weight excluding hydrogens is 168 g/mol. The predicted molar refractivity (Wildman–Crippen MR) is 49.4 cm³/mol. The zero-order chi connectivity index (χ0) is 8.39. The minimum absolute atomic E-state index is 0.